The van der Waals surface area contributed by atoms with E-state index < -0.39 is 0 Å². The molecule has 29 heavy (non-hydrogen) atoms. The van der Waals surface area contributed by atoms with Crippen LogP contribution in [0.1, 0.15) is 24.4 Å². The van der Waals surface area contributed by atoms with Crippen LogP contribution in [-0.2, 0) is 9.59 Å². The van der Waals surface area contributed by atoms with Crippen molar-refractivity contribution in [3.63, 3.8) is 0 Å². The van der Waals surface area contributed by atoms with Crippen molar-refractivity contribution in [3.05, 3.63) is 53.5 Å². The minimum atomic E-state index is -0.380. The van der Waals surface area contributed by atoms with Gasteiger partial charge in [-0.3, -0.25) is 9.59 Å². The Morgan fingerprint density at radius 3 is 2.72 bits per heavy atom. The van der Waals surface area contributed by atoms with E-state index >= 15 is 0 Å². The molecule has 1 aromatic heterocycles. The lowest BCUT2D eigenvalue weighted by atomic mass is 10.1. The fraction of sp³-hybridized carbons (Fsp3) is 0.318. The quantitative estimate of drug-likeness (QED) is 0.642. The number of hydrogen-bond donors (Lipinski definition) is 0. The maximum absolute atomic E-state index is 13.1. The third kappa shape index (κ3) is 3.58. The van der Waals surface area contributed by atoms with Crippen LogP contribution in [0.3, 0.4) is 0 Å². The van der Waals surface area contributed by atoms with Gasteiger partial charge in [0.2, 0.25) is 11.8 Å². The zero-order chi connectivity index (χ0) is 20.5. The third-order valence-electron chi connectivity index (χ3n) is 5.45. The van der Waals surface area contributed by atoms with Crippen molar-refractivity contribution in [2.24, 2.45) is 5.92 Å². The van der Waals surface area contributed by atoms with Crippen molar-refractivity contribution in [3.8, 4) is 5.75 Å². The van der Waals surface area contributed by atoms with Crippen LogP contribution in [0.15, 0.2) is 48.5 Å². The van der Waals surface area contributed by atoms with Gasteiger partial charge in [0.05, 0.1) is 35.0 Å². The zero-order valence-electron chi connectivity index (χ0n) is 16.7. The Hall–Kier alpha value is -2.93. The van der Waals surface area contributed by atoms with E-state index in [1.54, 1.807) is 35.3 Å². The van der Waals surface area contributed by atoms with Crippen molar-refractivity contribution < 1.29 is 14.3 Å². The Labute approximate surface area is 173 Å². The molecular formula is C22H23N3O3S. The number of rotatable bonds is 5. The highest BCUT2D eigenvalue weighted by molar-refractivity contribution is 7.18. The van der Waals surface area contributed by atoms with Crippen molar-refractivity contribution in [1.82, 2.24) is 9.88 Å². The number of benzene rings is 2. The molecule has 0 bridgehead atoms. The number of methoxy groups -OCH3 is 1. The van der Waals surface area contributed by atoms with E-state index in [0.29, 0.717) is 18.0 Å². The summed E-state index contributed by atoms with van der Waals surface area (Å²) in [6, 6.07) is 15.2. The van der Waals surface area contributed by atoms with Crippen LogP contribution >= 0.6 is 11.3 Å². The molecule has 2 amide bonds. The standard InChI is InChI=1S/C22H23N3O3S/c1-14(21-23-16-8-4-7-11-19(16)29-21)24(2)22(27)15-12-20(26)25(13-15)17-9-5-6-10-18(17)28-3/h4-11,14-15H,12-13H2,1-3H3. The summed E-state index contributed by atoms with van der Waals surface area (Å²) in [6.45, 7) is 2.33. The summed E-state index contributed by atoms with van der Waals surface area (Å²) in [5.74, 6) is 0.149. The molecule has 2 unspecified atom stereocenters. The molecule has 4 rings (SSSR count). The summed E-state index contributed by atoms with van der Waals surface area (Å²) in [7, 11) is 3.37. The average Bonchev–Trinajstić information content (AvgIpc) is 3.35. The molecule has 0 spiro atoms. The second-order valence-corrected chi connectivity index (χ2v) is 8.28. The molecule has 2 atom stereocenters. The molecule has 2 heterocycles. The number of hydrogen-bond acceptors (Lipinski definition) is 5. The van der Waals surface area contributed by atoms with Gasteiger partial charge < -0.3 is 14.5 Å². The van der Waals surface area contributed by atoms with Gasteiger partial charge >= 0.3 is 0 Å². The van der Waals surface area contributed by atoms with E-state index in [2.05, 4.69) is 4.98 Å². The molecule has 150 valence electrons. The number of ether oxygens (including phenoxy) is 1. The van der Waals surface area contributed by atoms with Gasteiger partial charge in [0.15, 0.2) is 0 Å². The number of amides is 2. The molecule has 0 N–H and O–H groups in total. The first-order chi connectivity index (χ1) is 14.0. The Morgan fingerprint density at radius 2 is 1.97 bits per heavy atom. The summed E-state index contributed by atoms with van der Waals surface area (Å²) in [6.07, 6.45) is 0.202. The average molecular weight is 410 g/mol. The van der Waals surface area contributed by atoms with Crippen molar-refractivity contribution in [1.29, 1.82) is 0 Å². The number of carbonyl (C=O) groups excluding carboxylic acids is 2. The summed E-state index contributed by atoms with van der Waals surface area (Å²) >= 11 is 1.60. The molecule has 1 fully saturated rings. The number of fused-ring (bicyclic) bond motifs is 1. The minimum Gasteiger partial charge on any atom is -0.495 e. The summed E-state index contributed by atoms with van der Waals surface area (Å²) in [5.41, 5.74) is 1.65. The van der Waals surface area contributed by atoms with Crippen LogP contribution in [0.5, 0.6) is 5.75 Å². The fourth-order valence-corrected chi connectivity index (χ4v) is 4.73. The highest BCUT2D eigenvalue weighted by Crippen LogP contribution is 2.35. The number of nitrogens with zero attached hydrogens (tertiary/aromatic N) is 3. The van der Waals surface area contributed by atoms with E-state index in [1.807, 2.05) is 55.5 Å². The van der Waals surface area contributed by atoms with E-state index in [4.69, 9.17) is 4.74 Å². The van der Waals surface area contributed by atoms with Gasteiger partial charge in [-0.05, 0) is 31.2 Å². The SMILES string of the molecule is COc1ccccc1N1CC(C(=O)N(C)C(C)c2nc3ccccc3s2)CC1=O. The molecule has 6 nitrogen and oxygen atoms in total. The Balaban J connectivity index is 1.51. The van der Waals surface area contributed by atoms with Crippen molar-refractivity contribution in [2.75, 3.05) is 25.6 Å². The predicted molar refractivity (Wildman–Crippen MR) is 114 cm³/mol. The second kappa shape index (κ2) is 7.83. The molecule has 1 aliphatic rings. The lowest BCUT2D eigenvalue weighted by molar-refractivity contribution is -0.136. The van der Waals surface area contributed by atoms with Gasteiger partial charge in [0.25, 0.3) is 0 Å². The molecule has 0 radical (unpaired) electrons. The lowest BCUT2D eigenvalue weighted by Gasteiger charge is -2.26. The fourth-order valence-electron chi connectivity index (χ4n) is 3.67. The van der Waals surface area contributed by atoms with Crippen LogP contribution in [-0.4, -0.2) is 42.4 Å². The van der Waals surface area contributed by atoms with Crippen molar-refractivity contribution >= 4 is 39.1 Å². The first-order valence-electron chi connectivity index (χ1n) is 9.55. The third-order valence-corrected chi connectivity index (χ3v) is 6.65. The smallest absolute Gasteiger partial charge is 0.228 e. The van der Waals surface area contributed by atoms with Crippen LogP contribution < -0.4 is 9.64 Å². The Bertz CT molecular complexity index is 1030. The predicted octanol–water partition coefficient (Wildman–Crippen LogP) is 3.88. The molecule has 2 aromatic carbocycles. The first kappa shape index (κ1) is 19.4. The van der Waals surface area contributed by atoms with Crippen LogP contribution in [0.25, 0.3) is 10.2 Å². The highest BCUT2D eigenvalue weighted by atomic mass is 32.1. The van der Waals surface area contributed by atoms with Crippen LogP contribution in [0, 0.1) is 5.92 Å². The van der Waals surface area contributed by atoms with Gasteiger partial charge in [-0.2, -0.15) is 0 Å². The summed E-state index contributed by atoms with van der Waals surface area (Å²) in [5, 5.41) is 0.896. The number of aromatic nitrogens is 1. The van der Waals surface area contributed by atoms with Gasteiger partial charge in [0, 0.05) is 20.0 Å². The van der Waals surface area contributed by atoms with E-state index in [9.17, 15) is 9.59 Å². The molecular weight excluding hydrogens is 386 g/mol. The first-order valence-corrected chi connectivity index (χ1v) is 10.4. The second-order valence-electron chi connectivity index (χ2n) is 7.22. The topological polar surface area (TPSA) is 62.7 Å². The van der Waals surface area contributed by atoms with Crippen LogP contribution in [0.4, 0.5) is 5.69 Å². The van der Waals surface area contributed by atoms with Gasteiger partial charge in [-0.25, -0.2) is 4.98 Å². The molecule has 1 saturated heterocycles. The Kier molecular flexibility index (Phi) is 5.24. The molecule has 7 heteroatoms. The minimum absolute atomic E-state index is 0.0393. The molecule has 0 saturated carbocycles. The maximum atomic E-state index is 13.1. The summed E-state index contributed by atoms with van der Waals surface area (Å²) < 4.78 is 6.48. The normalized spacial score (nSPS) is 17.6. The largest absolute Gasteiger partial charge is 0.495 e. The van der Waals surface area contributed by atoms with Crippen molar-refractivity contribution in [2.45, 2.75) is 19.4 Å². The Morgan fingerprint density at radius 1 is 1.24 bits per heavy atom. The lowest BCUT2D eigenvalue weighted by Crippen LogP contribution is -2.36. The van der Waals surface area contributed by atoms with Gasteiger partial charge in [-0.1, -0.05) is 24.3 Å². The molecule has 1 aliphatic heterocycles. The summed E-state index contributed by atoms with van der Waals surface area (Å²) in [4.78, 5) is 33.8. The number of para-hydroxylation sites is 3. The molecule has 0 aliphatic carbocycles. The van der Waals surface area contributed by atoms with Gasteiger partial charge in [-0.15, -0.1) is 11.3 Å². The zero-order valence-corrected chi connectivity index (χ0v) is 17.5. The van der Waals surface area contributed by atoms with Gasteiger partial charge in [0.1, 0.15) is 10.8 Å². The molecule has 3 aromatic rings. The van der Waals surface area contributed by atoms with E-state index in [0.717, 1.165) is 15.2 Å². The van der Waals surface area contributed by atoms with Crippen LogP contribution in [0.2, 0.25) is 0 Å². The van der Waals surface area contributed by atoms with E-state index in [1.165, 1.54) is 0 Å². The monoisotopic (exact) mass is 409 g/mol. The number of carbonyl (C=O) groups is 2. The maximum Gasteiger partial charge on any atom is 0.228 e. The number of anilines is 1. The number of thiazole rings is 1. The highest BCUT2D eigenvalue weighted by Gasteiger charge is 2.38. The van der Waals surface area contributed by atoms with E-state index in [-0.39, 0.29) is 30.2 Å².